The molecule has 5 heteroatoms. The Bertz CT molecular complexity index is 536. The summed E-state index contributed by atoms with van der Waals surface area (Å²) in [5.74, 6) is 0.774. The SMILES string of the molecule is NC(=O)C1(Nc2ccc(Cl)c(Br)c2)CC2CCC1C2. The van der Waals surface area contributed by atoms with Gasteiger partial charge in [-0.2, -0.15) is 0 Å². The number of hydrogen-bond donors (Lipinski definition) is 2. The Kier molecular flexibility index (Phi) is 3.26. The zero-order valence-corrected chi connectivity index (χ0v) is 12.8. The molecule has 2 saturated carbocycles. The van der Waals surface area contributed by atoms with Crippen LogP contribution in [0.2, 0.25) is 5.02 Å². The number of amides is 1. The summed E-state index contributed by atoms with van der Waals surface area (Å²) in [5.41, 5.74) is 6.01. The van der Waals surface area contributed by atoms with Crippen LogP contribution in [0.15, 0.2) is 22.7 Å². The van der Waals surface area contributed by atoms with E-state index in [1.54, 1.807) is 0 Å². The highest BCUT2D eigenvalue weighted by atomic mass is 79.9. The zero-order valence-electron chi connectivity index (χ0n) is 10.5. The molecule has 2 bridgehead atoms. The lowest BCUT2D eigenvalue weighted by atomic mass is 9.80. The first-order valence-electron chi connectivity index (χ1n) is 6.54. The van der Waals surface area contributed by atoms with E-state index in [0.717, 1.165) is 29.4 Å². The van der Waals surface area contributed by atoms with Crippen LogP contribution in [0.25, 0.3) is 0 Å². The molecule has 3 nitrogen and oxygen atoms in total. The summed E-state index contributed by atoms with van der Waals surface area (Å²) >= 11 is 9.39. The molecule has 3 N–H and O–H groups in total. The van der Waals surface area contributed by atoms with Crippen LogP contribution in [0.5, 0.6) is 0 Å². The molecule has 0 aliphatic heterocycles. The molecular formula is C14H16BrClN2O. The molecule has 0 heterocycles. The summed E-state index contributed by atoms with van der Waals surface area (Å²) < 4.78 is 0.821. The van der Waals surface area contributed by atoms with Gasteiger partial charge in [-0.1, -0.05) is 11.6 Å². The predicted octanol–water partition coefficient (Wildman–Crippen LogP) is 3.56. The number of halogens is 2. The Morgan fingerprint density at radius 2 is 2.26 bits per heavy atom. The third-order valence-electron chi connectivity index (χ3n) is 4.58. The summed E-state index contributed by atoms with van der Waals surface area (Å²) in [6.07, 6.45) is 4.29. The fraction of sp³-hybridized carbons (Fsp3) is 0.500. The van der Waals surface area contributed by atoms with Crippen molar-refractivity contribution in [1.29, 1.82) is 0 Å². The maximum atomic E-state index is 12.0. The van der Waals surface area contributed by atoms with Crippen molar-refractivity contribution in [3.63, 3.8) is 0 Å². The molecule has 2 aliphatic carbocycles. The largest absolute Gasteiger partial charge is 0.371 e. The van der Waals surface area contributed by atoms with Gasteiger partial charge < -0.3 is 11.1 Å². The molecule has 0 aromatic heterocycles. The van der Waals surface area contributed by atoms with E-state index >= 15 is 0 Å². The molecule has 19 heavy (non-hydrogen) atoms. The second-order valence-electron chi connectivity index (χ2n) is 5.67. The average molecular weight is 344 g/mol. The number of hydrogen-bond acceptors (Lipinski definition) is 2. The van der Waals surface area contributed by atoms with E-state index in [1.807, 2.05) is 18.2 Å². The Morgan fingerprint density at radius 1 is 1.47 bits per heavy atom. The molecule has 2 fully saturated rings. The van der Waals surface area contributed by atoms with Gasteiger partial charge in [-0.3, -0.25) is 4.79 Å². The van der Waals surface area contributed by atoms with Crippen molar-refractivity contribution in [2.45, 2.75) is 31.2 Å². The van der Waals surface area contributed by atoms with Gasteiger partial charge in [-0.25, -0.2) is 0 Å². The van der Waals surface area contributed by atoms with Crippen LogP contribution in [0.4, 0.5) is 5.69 Å². The van der Waals surface area contributed by atoms with Gasteiger partial charge in [0.15, 0.2) is 0 Å². The van der Waals surface area contributed by atoms with E-state index in [4.69, 9.17) is 17.3 Å². The first kappa shape index (κ1) is 13.3. The predicted molar refractivity (Wildman–Crippen MR) is 80.1 cm³/mol. The van der Waals surface area contributed by atoms with Gasteiger partial charge in [0.1, 0.15) is 5.54 Å². The van der Waals surface area contributed by atoms with Crippen molar-refractivity contribution in [3.8, 4) is 0 Å². The van der Waals surface area contributed by atoms with Crippen molar-refractivity contribution >= 4 is 39.1 Å². The van der Waals surface area contributed by atoms with Crippen molar-refractivity contribution in [2.24, 2.45) is 17.6 Å². The number of fused-ring (bicyclic) bond motifs is 2. The minimum Gasteiger partial charge on any atom is -0.371 e. The van der Waals surface area contributed by atoms with E-state index < -0.39 is 5.54 Å². The molecule has 1 amide bonds. The Hall–Kier alpha value is -0.740. The van der Waals surface area contributed by atoms with Crippen LogP contribution in [0, 0.1) is 11.8 Å². The standard InChI is InChI=1S/C14H16BrClN2O/c15-11-6-10(3-4-12(11)16)18-14(13(17)19)7-8-1-2-9(14)5-8/h3-4,6,8-9,18H,1-2,5,7H2,(H2,17,19). The monoisotopic (exact) mass is 342 g/mol. The summed E-state index contributed by atoms with van der Waals surface area (Å²) in [7, 11) is 0. The van der Waals surface area contributed by atoms with Crippen LogP contribution in [0.3, 0.4) is 0 Å². The number of benzene rings is 1. The van der Waals surface area contributed by atoms with E-state index in [0.29, 0.717) is 16.9 Å². The van der Waals surface area contributed by atoms with Gasteiger partial charge in [0, 0.05) is 10.2 Å². The second kappa shape index (κ2) is 4.67. The van der Waals surface area contributed by atoms with E-state index in [1.165, 1.54) is 6.42 Å². The van der Waals surface area contributed by atoms with Crippen LogP contribution in [-0.2, 0) is 4.79 Å². The molecule has 0 spiro atoms. The number of carbonyl (C=O) groups excluding carboxylic acids is 1. The van der Waals surface area contributed by atoms with Crippen LogP contribution in [-0.4, -0.2) is 11.4 Å². The second-order valence-corrected chi connectivity index (χ2v) is 6.93. The van der Waals surface area contributed by atoms with Crippen LogP contribution in [0.1, 0.15) is 25.7 Å². The first-order valence-corrected chi connectivity index (χ1v) is 7.71. The lowest BCUT2D eigenvalue weighted by Crippen LogP contribution is -2.54. The smallest absolute Gasteiger partial charge is 0.243 e. The average Bonchev–Trinajstić information content (AvgIpc) is 2.94. The Balaban J connectivity index is 1.90. The zero-order chi connectivity index (χ0) is 13.6. The number of anilines is 1. The van der Waals surface area contributed by atoms with Crippen LogP contribution >= 0.6 is 27.5 Å². The van der Waals surface area contributed by atoms with Crippen molar-refractivity contribution < 1.29 is 4.79 Å². The summed E-state index contributed by atoms with van der Waals surface area (Å²) in [6.45, 7) is 0. The molecule has 0 saturated heterocycles. The van der Waals surface area contributed by atoms with Gasteiger partial charge in [0.25, 0.3) is 0 Å². The highest BCUT2D eigenvalue weighted by Gasteiger charge is 2.54. The minimum atomic E-state index is -0.573. The molecule has 3 rings (SSSR count). The van der Waals surface area contributed by atoms with Gasteiger partial charge in [0.2, 0.25) is 5.91 Å². The van der Waals surface area contributed by atoms with E-state index in [-0.39, 0.29) is 5.91 Å². The lowest BCUT2D eigenvalue weighted by molar-refractivity contribution is -0.123. The summed E-state index contributed by atoms with van der Waals surface area (Å²) in [5, 5.41) is 4.05. The van der Waals surface area contributed by atoms with Gasteiger partial charge in [-0.15, -0.1) is 0 Å². The quantitative estimate of drug-likeness (QED) is 0.881. The van der Waals surface area contributed by atoms with Gasteiger partial charge in [0.05, 0.1) is 5.02 Å². The van der Waals surface area contributed by atoms with E-state index in [2.05, 4.69) is 21.2 Å². The molecule has 1 aromatic rings. The third-order valence-corrected chi connectivity index (χ3v) is 5.79. The number of nitrogens with two attached hydrogens (primary N) is 1. The Morgan fingerprint density at radius 3 is 2.79 bits per heavy atom. The number of nitrogens with one attached hydrogen (secondary N) is 1. The maximum absolute atomic E-state index is 12.0. The fourth-order valence-electron chi connectivity index (χ4n) is 3.68. The van der Waals surface area contributed by atoms with Gasteiger partial charge in [-0.05, 0) is 71.6 Å². The van der Waals surface area contributed by atoms with Crippen LogP contribution < -0.4 is 11.1 Å². The topological polar surface area (TPSA) is 55.1 Å². The molecule has 2 aliphatic rings. The molecule has 3 unspecified atom stereocenters. The summed E-state index contributed by atoms with van der Waals surface area (Å²) in [6, 6.07) is 5.61. The third kappa shape index (κ3) is 2.15. The number of carbonyl (C=O) groups is 1. The van der Waals surface area contributed by atoms with Gasteiger partial charge >= 0.3 is 0 Å². The molecule has 3 atom stereocenters. The van der Waals surface area contributed by atoms with E-state index in [9.17, 15) is 4.79 Å². The van der Waals surface area contributed by atoms with Crippen molar-refractivity contribution in [3.05, 3.63) is 27.7 Å². The number of primary amides is 1. The van der Waals surface area contributed by atoms with Crippen molar-refractivity contribution in [2.75, 3.05) is 5.32 Å². The minimum absolute atomic E-state index is 0.231. The van der Waals surface area contributed by atoms with Crippen molar-refractivity contribution in [1.82, 2.24) is 0 Å². The fourth-order valence-corrected chi connectivity index (χ4v) is 4.17. The lowest BCUT2D eigenvalue weighted by Gasteiger charge is -2.36. The Labute approximate surface area is 126 Å². The maximum Gasteiger partial charge on any atom is 0.243 e. The highest BCUT2D eigenvalue weighted by Crippen LogP contribution is 2.52. The molecule has 0 radical (unpaired) electrons. The number of rotatable bonds is 3. The highest BCUT2D eigenvalue weighted by molar-refractivity contribution is 9.10. The summed E-state index contributed by atoms with van der Waals surface area (Å²) in [4.78, 5) is 12.0. The molecule has 1 aromatic carbocycles. The molecule has 102 valence electrons. The first-order chi connectivity index (χ1) is 9.01. The normalized spacial score (nSPS) is 32.5. The molecular weight excluding hydrogens is 328 g/mol.